The molecule has 2 N–H and O–H groups in total. The molecule has 2 fully saturated rings. The van der Waals surface area contributed by atoms with E-state index < -0.39 is 0 Å². The molecule has 3 rings (SSSR count). The van der Waals surface area contributed by atoms with Crippen molar-refractivity contribution in [2.24, 2.45) is 11.7 Å². The molecule has 3 unspecified atom stereocenters. The van der Waals surface area contributed by atoms with Crippen LogP contribution in [0.1, 0.15) is 43.7 Å². The van der Waals surface area contributed by atoms with Gasteiger partial charge in [-0.1, -0.05) is 19.1 Å². The number of anilines is 1. The minimum atomic E-state index is 0.299. The number of nitrogens with two attached hydrogens (primary N) is 1. The van der Waals surface area contributed by atoms with E-state index in [9.17, 15) is 0 Å². The van der Waals surface area contributed by atoms with Crippen molar-refractivity contribution in [2.45, 2.75) is 58.0 Å². The lowest BCUT2D eigenvalue weighted by atomic mass is 10.0. The van der Waals surface area contributed by atoms with E-state index in [-0.39, 0.29) is 0 Å². The summed E-state index contributed by atoms with van der Waals surface area (Å²) in [5.74, 6) is 0.956. The number of piperidine rings is 1. The monoisotopic (exact) mass is 258 g/mol. The Bertz CT molecular complexity index is 455. The largest absolute Gasteiger partial charge is 0.368 e. The molecule has 3 atom stereocenters. The summed E-state index contributed by atoms with van der Waals surface area (Å²) in [5, 5.41) is 0. The average Bonchev–Trinajstić information content (AvgIpc) is 3.01. The fourth-order valence-corrected chi connectivity index (χ4v) is 3.83. The van der Waals surface area contributed by atoms with E-state index in [1.54, 1.807) is 0 Å². The smallest absolute Gasteiger partial charge is 0.0398 e. The molecular weight excluding hydrogens is 232 g/mol. The Morgan fingerprint density at radius 3 is 2.79 bits per heavy atom. The highest BCUT2D eigenvalue weighted by Crippen LogP contribution is 2.41. The topological polar surface area (TPSA) is 29.3 Å². The Labute approximate surface area is 117 Å². The number of benzene rings is 1. The van der Waals surface area contributed by atoms with Crippen molar-refractivity contribution < 1.29 is 0 Å². The van der Waals surface area contributed by atoms with E-state index >= 15 is 0 Å². The van der Waals surface area contributed by atoms with Gasteiger partial charge in [-0.2, -0.15) is 0 Å². The van der Waals surface area contributed by atoms with E-state index in [4.69, 9.17) is 5.73 Å². The zero-order valence-electron chi connectivity index (χ0n) is 12.2. The van der Waals surface area contributed by atoms with Crippen LogP contribution >= 0.6 is 0 Å². The van der Waals surface area contributed by atoms with Crippen LogP contribution in [0.4, 0.5) is 5.69 Å². The van der Waals surface area contributed by atoms with Gasteiger partial charge in [0.2, 0.25) is 0 Å². The average molecular weight is 258 g/mol. The normalized spacial score (nSPS) is 27.0. The van der Waals surface area contributed by atoms with E-state index in [1.807, 2.05) is 0 Å². The lowest BCUT2D eigenvalue weighted by molar-refractivity contribution is 0.553. The summed E-state index contributed by atoms with van der Waals surface area (Å²) in [6.07, 6.45) is 6.32. The van der Waals surface area contributed by atoms with Crippen molar-refractivity contribution in [3.8, 4) is 0 Å². The zero-order valence-corrected chi connectivity index (χ0v) is 12.2. The molecule has 2 heteroatoms. The minimum Gasteiger partial charge on any atom is -0.368 e. The van der Waals surface area contributed by atoms with Gasteiger partial charge in [0.25, 0.3) is 0 Å². The first-order valence-corrected chi connectivity index (χ1v) is 7.79. The van der Waals surface area contributed by atoms with Crippen LogP contribution in [0, 0.1) is 12.8 Å². The van der Waals surface area contributed by atoms with Crippen molar-refractivity contribution in [3.05, 3.63) is 29.3 Å². The third kappa shape index (κ3) is 2.51. The van der Waals surface area contributed by atoms with Gasteiger partial charge in [0.15, 0.2) is 0 Å². The summed E-state index contributed by atoms with van der Waals surface area (Å²) in [5.41, 5.74) is 10.3. The number of fused-ring (bicyclic) bond motifs is 2. The molecular formula is C17H26N2. The van der Waals surface area contributed by atoms with Gasteiger partial charge in [0.05, 0.1) is 0 Å². The molecule has 0 radical (unpaired) electrons. The molecule has 1 aromatic rings. The molecule has 2 nitrogen and oxygen atoms in total. The van der Waals surface area contributed by atoms with Gasteiger partial charge >= 0.3 is 0 Å². The predicted octanol–water partition coefficient (Wildman–Crippen LogP) is 3.26. The van der Waals surface area contributed by atoms with Crippen LogP contribution in [-0.2, 0) is 6.42 Å². The Kier molecular flexibility index (Phi) is 3.53. The lowest BCUT2D eigenvalue weighted by Gasteiger charge is -2.30. The fourth-order valence-electron chi connectivity index (χ4n) is 3.83. The van der Waals surface area contributed by atoms with Gasteiger partial charge in [-0.25, -0.2) is 0 Å². The molecule has 1 aliphatic carbocycles. The molecule has 0 spiro atoms. The Balaban J connectivity index is 1.76. The maximum absolute atomic E-state index is 6.05. The van der Waals surface area contributed by atoms with Crippen LogP contribution in [0.15, 0.2) is 18.2 Å². The number of hydrogen-bond donors (Lipinski definition) is 1. The summed E-state index contributed by atoms with van der Waals surface area (Å²) >= 11 is 0. The molecule has 104 valence electrons. The van der Waals surface area contributed by atoms with Crippen molar-refractivity contribution in [1.82, 2.24) is 0 Å². The van der Waals surface area contributed by atoms with Crippen molar-refractivity contribution in [3.63, 3.8) is 0 Å². The number of hydrogen-bond acceptors (Lipinski definition) is 2. The first-order valence-electron chi connectivity index (χ1n) is 7.79. The first kappa shape index (κ1) is 13.0. The molecule has 2 bridgehead atoms. The SMILES string of the molecule is CCC(N)Cc1ccc(N2CC3CCC2C3)c(C)c1. The summed E-state index contributed by atoms with van der Waals surface area (Å²) in [7, 11) is 0. The Morgan fingerprint density at radius 2 is 2.21 bits per heavy atom. The van der Waals surface area contributed by atoms with Crippen LogP contribution in [0.5, 0.6) is 0 Å². The summed E-state index contributed by atoms with van der Waals surface area (Å²) in [6.45, 7) is 5.69. The molecule has 0 amide bonds. The van der Waals surface area contributed by atoms with Gasteiger partial charge in [0.1, 0.15) is 0 Å². The minimum absolute atomic E-state index is 0.299. The van der Waals surface area contributed by atoms with Gasteiger partial charge in [-0.3, -0.25) is 0 Å². The highest BCUT2D eigenvalue weighted by Gasteiger charge is 2.38. The quantitative estimate of drug-likeness (QED) is 0.898. The summed E-state index contributed by atoms with van der Waals surface area (Å²) in [4.78, 5) is 2.65. The molecule has 0 aromatic heterocycles. The van der Waals surface area contributed by atoms with E-state index in [1.165, 1.54) is 42.6 Å². The highest BCUT2D eigenvalue weighted by atomic mass is 15.2. The predicted molar refractivity (Wildman–Crippen MR) is 81.6 cm³/mol. The summed E-state index contributed by atoms with van der Waals surface area (Å²) in [6, 6.07) is 8.06. The van der Waals surface area contributed by atoms with Crippen molar-refractivity contribution in [2.75, 3.05) is 11.4 Å². The lowest BCUT2D eigenvalue weighted by Crippen LogP contribution is -2.32. The van der Waals surface area contributed by atoms with Crippen LogP contribution in [0.25, 0.3) is 0 Å². The molecule has 19 heavy (non-hydrogen) atoms. The van der Waals surface area contributed by atoms with E-state index in [2.05, 4.69) is 36.9 Å². The maximum atomic E-state index is 6.05. The van der Waals surface area contributed by atoms with Gasteiger partial charge < -0.3 is 10.6 Å². The molecule has 1 heterocycles. The molecule has 1 saturated carbocycles. The van der Waals surface area contributed by atoms with E-state index in [0.29, 0.717) is 6.04 Å². The number of aryl methyl sites for hydroxylation is 1. The highest BCUT2D eigenvalue weighted by molar-refractivity contribution is 5.56. The maximum Gasteiger partial charge on any atom is 0.0398 e. The third-order valence-corrected chi connectivity index (χ3v) is 5.00. The second-order valence-electron chi connectivity index (χ2n) is 6.48. The molecule has 2 aliphatic rings. The summed E-state index contributed by atoms with van der Waals surface area (Å²) < 4.78 is 0. The van der Waals surface area contributed by atoms with Crippen LogP contribution < -0.4 is 10.6 Å². The van der Waals surface area contributed by atoms with Gasteiger partial charge in [0, 0.05) is 24.3 Å². The Morgan fingerprint density at radius 1 is 1.37 bits per heavy atom. The van der Waals surface area contributed by atoms with Gasteiger partial charge in [-0.15, -0.1) is 0 Å². The molecule has 1 aliphatic heterocycles. The van der Waals surface area contributed by atoms with Crippen LogP contribution in [0.3, 0.4) is 0 Å². The van der Waals surface area contributed by atoms with Gasteiger partial charge in [-0.05, 0) is 62.1 Å². The third-order valence-electron chi connectivity index (χ3n) is 5.00. The molecule has 1 saturated heterocycles. The van der Waals surface area contributed by atoms with Crippen LogP contribution in [-0.4, -0.2) is 18.6 Å². The van der Waals surface area contributed by atoms with Crippen molar-refractivity contribution in [1.29, 1.82) is 0 Å². The zero-order chi connectivity index (χ0) is 13.4. The molecule has 1 aromatic carbocycles. The Hall–Kier alpha value is -1.02. The van der Waals surface area contributed by atoms with E-state index in [0.717, 1.165) is 24.8 Å². The first-order chi connectivity index (χ1) is 9.17. The van der Waals surface area contributed by atoms with Crippen LogP contribution in [0.2, 0.25) is 0 Å². The number of rotatable bonds is 4. The standard InChI is InChI=1S/C17H26N2/c1-3-15(18)9-13-5-7-17(12(2)8-13)19-11-14-4-6-16(19)10-14/h5,7-8,14-16H,3-4,6,9-11,18H2,1-2H3. The second kappa shape index (κ2) is 5.16. The second-order valence-corrected chi connectivity index (χ2v) is 6.48. The fraction of sp³-hybridized carbons (Fsp3) is 0.647. The van der Waals surface area contributed by atoms with Crippen molar-refractivity contribution >= 4 is 5.69 Å². The number of nitrogens with zero attached hydrogens (tertiary/aromatic N) is 1.